The molecular weight excluding hydrogens is 248 g/mol. The van der Waals surface area contributed by atoms with Gasteiger partial charge >= 0.3 is 0 Å². The van der Waals surface area contributed by atoms with E-state index in [0.29, 0.717) is 0 Å². The van der Waals surface area contributed by atoms with Gasteiger partial charge in [0, 0.05) is 104 Å². The summed E-state index contributed by atoms with van der Waals surface area (Å²) < 4.78 is 0. The fraction of sp³-hybridized carbons (Fsp3) is 0. The Morgan fingerprint density at radius 3 is 1.00 bits per heavy atom. The van der Waals surface area contributed by atoms with E-state index in [2.05, 4.69) is 0 Å². The molecule has 0 aromatic rings. The maximum absolute atomic E-state index is 0. The van der Waals surface area contributed by atoms with E-state index in [1.165, 1.54) is 0 Å². The Balaban J connectivity index is 0. The van der Waals surface area contributed by atoms with Gasteiger partial charge in [-0.1, -0.05) is 0 Å². The quantitative estimate of drug-likeness (QED) is 0.475. The Hall–Kier alpha value is 3.45. The second-order valence-corrected chi connectivity index (χ2v) is 0. The molecule has 0 spiro atoms. The standard InChI is InChI=1S/Ca.Mg.Sn.Zn. The Bertz CT molecular complexity index is 8.00. The number of rotatable bonds is 0. The zero-order valence-corrected chi connectivity index (χ0v) is 12.1. The van der Waals surface area contributed by atoms with Crippen LogP contribution < -0.4 is 0 Å². The molecule has 0 unspecified atom stereocenters. The average molecular weight is 248 g/mol. The van der Waals surface area contributed by atoms with Gasteiger partial charge in [0.05, 0.1) is 0 Å². The van der Waals surface area contributed by atoms with E-state index >= 15 is 0 Å². The molecule has 4 heavy (non-hydrogen) atoms. The van der Waals surface area contributed by atoms with Crippen LogP contribution in [-0.4, -0.2) is 84.7 Å². The molecule has 0 amide bonds. The topological polar surface area (TPSA) is 0 Å². The van der Waals surface area contributed by atoms with Gasteiger partial charge < -0.3 is 0 Å². The van der Waals surface area contributed by atoms with Crippen molar-refractivity contribution in [3.05, 3.63) is 0 Å². The Labute approximate surface area is 102 Å². The molecule has 8 radical (unpaired) electrons. The smallest absolute Gasteiger partial charge is 0 e. The predicted octanol–water partition coefficient (Wildman–Crippen LogP) is -1.14. The maximum Gasteiger partial charge on any atom is 0 e. The SMILES string of the molecule is [Ca].[Mg].[Sn].[Zn]. The molecule has 0 aromatic heterocycles. The largest absolute Gasteiger partial charge is 0 e. The van der Waals surface area contributed by atoms with E-state index in [1.54, 1.807) is 0 Å². The van der Waals surface area contributed by atoms with Gasteiger partial charge in [0.2, 0.25) is 0 Å². The molecule has 0 N–H and O–H groups in total. The molecule has 0 fully saturated rings. The zero-order valence-electron chi connectivity index (χ0n) is 2.62. The molecule has 0 rings (SSSR count). The van der Waals surface area contributed by atoms with Gasteiger partial charge in [-0.3, -0.25) is 0 Å². The van der Waals surface area contributed by atoms with Crippen LogP contribution in [0.5, 0.6) is 0 Å². The summed E-state index contributed by atoms with van der Waals surface area (Å²) >= 11 is 0. The molecule has 0 bridgehead atoms. The van der Waals surface area contributed by atoms with Crippen LogP contribution in [0.3, 0.4) is 0 Å². The van der Waals surface area contributed by atoms with Crippen LogP contribution in [0.2, 0.25) is 0 Å². The second-order valence-electron chi connectivity index (χ2n) is 0. The van der Waals surface area contributed by atoms with E-state index in [-0.39, 0.29) is 104 Å². The number of hydrogen-bond acceptors (Lipinski definition) is 0. The van der Waals surface area contributed by atoms with Crippen LogP contribution in [0.15, 0.2) is 0 Å². The fourth-order valence-electron chi connectivity index (χ4n) is 0. The van der Waals surface area contributed by atoms with E-state index < -0.39 is 0 Å². The van der Waals surface area contributed by atoms with E-state index in [9.17, 15) is 0 Å². The van der Waals surface area contributed by atoms with Crippen molar-refractivity contribution in [1.29, 1.82) is 0 Å². The van der Waals surface area contributed by atoms with Crippen molar-refractivity contribution in [1.82, 2.24) is 0 Å². The van der Waals surface area contributed by atoms with Gasteiger partial charge in [0.1, 0.15) is 0 Å². The summed E-state index contributed by atoms with van der Waals surface area (Å²) in [5.41, 5.74) is 0. The molecule has 0 nitrogen and oxygen atoms in total. The first kappa shape index (κ1) is 26.0. The number of hydrogen-bond donors (Lipinski definition) is 0. The zero-order chi connectivity index (χ0) is 0. The summed E-state index contributed by atoms with van der Waals surface area (Å²) in [4.78, 5) is 0. The van der Waals surface area contributed by atoms with Crippen LogP contribution in [0.4, 0.5) is 0 Å². The van der Waals surface area contributed by atoms with Crippen molar-refractivity contribution < 1.29 is 19.5 Å². The van der Waals surface area contributed by atoms with Crippen LogP contribution >= 0.6 is 0 Å². The summed E-state index contributed by atoms with van der Waals surface area (Å²) in [5, 5.41) is 0. The molecule has 0 aliphatic heterocycles. The van der Waals surface area contributed by atoms with Crippen molar-refractivity contribution in [3.8, 4) is 0 Å². The normalized spacial score (nSPS) is 0. The van der Waals surface area contributed by atoms with E-state index in [1.807, 2.05) is 0 Å². The first-order valence-electron chi connectivity index (χ1n) is 0. The minimum Gasteiger partial charge on any atom is 0 e. The van der Waals surface area contributed by atoms with Gasteiger partial charge in [-0.05, 0) is 0 Å². The van der Waals surface area contributed by atoms with Gasteiger partial charge in [-0.2, -0.15) is 0 Å². The minimum atomic E-state index is 0. The molecule has 0 aliphatic carbocycles. The Morgan fingerprint density at radius 2 is 1.00 bits per heavy atom. The van der Waals surface area contributed by atoms with Gasteiger partial charge in [-0.15, -0.1) is 0 Å². The maximum atomic E-state index is 0. The first-order valence-corrected chi connectivity index (χ1v) is 0. The molecule has 0 aliphatic rings. The van der Waals surface area contributed by atoms with Crippen molar-refractivity contribution >= 4 is 84.7 Å². The average Bonchev–Trinajstić information content (AvgIpc) is 0. The summed E-state index contributed by atoms with van der Waals surface area (Å²) in [6, 6.07) is 0. The first-order chi connectivity index (χ1) is 0. The van der Waals surface area contributed by atoms with Gasteiger partial charge in [0.25, 0.3) is 0 Å². The van der Waals surface area contributed by atoms with Crippen LogP contribution in [0, 0.1) is 0 Å². The summed E-state index contributed by atoms with van der Waals surface area (Å²) in [6.45, 7) is 0. The fourth-order valence-corrected chi connectivity index (χ4v) is 0. The summed E-state index contributed by atoms with van der Waals surface area (Å²) in [6.07, 6.45) is 0. The summed E-state index contributed by atoms with van der Waals surface area (Å²) in [5.74, 6) is 0. The van der Waals surface area contributed by atoms with E-state index in [4.69, 9.17) is 0 Å². The molecule has 0 saturated carbocycles. The van der Waals surface area contributed by atoms with Crippen LogP contribution in [0.1, 0.15) is 0 Å². The van der Waals surface area contributed by atoms with E-state index in [0.717, 1.165) is 0 Å². The Kier molecular flexibility index (Phi) is 105. The van der Waals surface area contributed by atoms with Crippen molar-refractivity contribution in [2.45, 2.75) is 0 Å². The molecule has 0 saturated heterocycles. The Morgan fingerprint density at radius 1 is 1.00 bits per heavy atom. The second kappa shape index (κ2) is 16.1. The minimum absolute atomic E-state index is 0. The molecule has 0 heterocycles. The molecule has 0 atom stereocenters. The molecular formula is CaMgSnZn. The van der Waals surface area contributed by atoms with Crippen molar-refractivity contribution in [2.75, 3.05) is 0 Å². The van der Waals surface area contributed by atoms with Crippen LogP contribution in [0.25, 0.3) is 0 Å². The van der Waals surface area contributed by atoms with Gasteiger partial charge in [0.15, 0.2) is 0 Å². The van der Waals surface area contributed by atoms with Crippen LogP contribution in [-0.2, 0) is 19.5 Å². The van der Waals surface area contributed by atoms with Gasteiger partial charge in [-0.25, -0.2) is 0 Å². The van der Waals surface area contributed by atoms with Crippen molar-refractivity contribution in [2.24, 2.45) is 0 Å². The molecule has 10 valence electrons. The monoisotopic (exact) mass is 248 g/mol. The predicted molar refractivity (Wildman–Crippen MR) is 17.3 cm³/mol. The van der Waals surface area contributed by atoms with Crippen molar-refractivity contribution in [3.63, 3.8) is 0 Å². The molecule has 0 aromatic carbocycles. The molecule has 4 heteroatoms. The third-order valence-corrected chi connectivity index (χ3v) is 0. The summed E-state index contributed by atoms with van der Waals surface area (Å²) in [7, 11) is 0. The third kappa shape index (κ3) is 9.07. The third-order valence-electron chi connectivity index (χ3n) is 0.